The van der Waals surface area contributed by atoms with E-state index in [0.717, 1.165) is 29.2 Å². The molecule has 1 saturated carbocycles. The number of nitrogens with one attached hydrogen (secondary N) is 1. The van der Waals surface area contributed by atoms with Gasteiger partial charge >= 0.3 is 5.97 Å². The number of carboxylic acid groups (broad SMARTS) is 1. The first-order valence-electron chi connectivity index (χ1n) is 6.82. The Morgan fingerprint density at radius 3 is 2.70 bits per heavy atom. The van der Waals surface area contributed by atoms with Crippen LogP contribution in [0.25, 0.3) is 10.8 Å². The van der Waals surface area contributed by atoms with Crippen molar-refractivity contribution in [1.29, 1.82) is 0 Å². The zero-order valence-corrected chi connectivity index (χ0v) is 11.0. The summed E-state index contributed by atoms with van der Waals surface area (Å²) < 4.78 is 0. The van der Waals surface area contributed by atoms with Crippen LogP contribution in [0.2, 0.25) is 0 Å². The molecular weight excluding hydrogens is 254 g/mol. The molecule has 2 aromatic rings. The monoisotopic (exact) mass is 271 g/mol. The van der Waals surface area contributed by atoms with Crippen LogP contribution in [0.3, 0.4) is 0 Å². The summed E-state index contributed by atoms with van der Waals surface area (Å²) in [4.78, 5) is 11.2. The molecule has 20 heavy (non-hydrogen) atoms. The Morgan fingerprint density at radius 1 is 1.25 bits per heavy atom. The Bertz CT molecular complexity index is 649. The second kappa shape index (κ2) is 5.13. The molecule has 1 atom stereocenters. The van der Waals surface area contributed by atoms with Crippen molar-refractivity contribution in [2.24, 2.45) is 5.92 Å². The molecule has 0 spiro atoms. The second-order valence-corrected chi connectivity index (χ2v) is 5.32. The van der Waals surface area contributed by atoms with Gasteiger partial charge in [0.25, 0.3) is 0 Å². The lowest BCUT2D eigenvalue weighted by Gasteiger charge is -2.15. The number of hydrogen-bond acceptors (Lipinski definition) is 3. The van der Waals surface area contributed by atoms with Crippen molar-refractivity contribution < 1.29 is 15.0 Å². The van der Waals surface area contributed by atoms with E-state index in [2.05, 4.69) is 5.32 Å². The fourth-order valence-corrected chi connectivity index (χ4v) is 2.61. The highest BCUT2D eigenvalue weighted by Crippen LogP contribution is 2.33. The van der Waals surface area contributed by atoms with E-state index in [1.807, 2.05) is 30.3 Å². The highest BCUT2D eigenvalue weighted by Gasteiger charge is 2.35. The average Bonchev–Trinajstić information content (AvgIpc) is 3.25. The van der Waals surface area contributed by atoms with Crippen molar-refractivity contribution in [3.63, 3.8) is 0 Å². The Balaban J connectivity index is 1.86. The fourth-order valence-electron chi connectivity index (χ4n) is 2.61. The molecular formula is C16H17NO3. The van der Waals surface area contributed by atoms with Gasteiger partial charge in [-0.25, -0.2) is 0 Å². The van der Waals surface area contributed by atoms with Crippen LogP contribution in [-0.2, 0) is 11.3 Å². The first kappa shape index (κ1) is 12.9. The number of phenolic OH excluding ortho intramolecular Hbond substituents is 1. The summed E-state index contributed by atoms with van der Waals surface area (Å²) in [5, 5.41) is 24.3. The fraction of sp³-hybridized carbons (Fsp3) is 0.312. The van der Waals surface area contributed by atoms with Crippen LogP contribution >= 0.6 is 0 Å². The number of fused-ring (bicyclic) bond motifs is 1. The van der Waals surface area contributed by atoms with Gasteiger partial charge in [0.05, 0.1) is 0 Å². The Kier molecular flexibility index (Phi) is 3.32. The zero-order chi connectivity index (χ0) is 14.1. The third-order valence-electron chi connectivity index (χ3n) is 3.87. The third kappa shape index (κ3) is 2.47. The van der Waals surface area contributed by atoms with E-state index in [9.17, 15) is 15.0 Å². The van der Waals surface area contributed by atoms with E-state index in [0.29, 0.717) is 6.54 Å². The minimum absolute atomic E-state index is 0.205. The van der Waals surface area contributed by atoms with E-state index in [1.165, 1.54) is 0 Å². The topological polar surface area (TPSA) is 69.6 Å². The van der Waals surface area contributed by atoms with Crippen molar-refractivity contribution in [3.05, 3.63) is 42.0 Å². The summed E-state index contributed by atoms with van der Waals surface area (Å²) >= 11 is 0. The highest BCUT2D eigenvalue weighted by molar-refractivity contribution is 5.87. The van der Waals surface area contributed by atoms with Gasteiger partial charge < -0.3 is 10.2 Å². The normalized spacial score (nSPS) is 16.2. The van der Waals surface area contributed by atoms with Gasteiger partial charge in [0.1, 0.15) is 11.8 Å². The van der Waals surface area contributed by atoms with E-state index >= 15 is 0 Å². The molecule has 0 aromatic heterocycles. The number of rotatable bonds is 5. The predicted octanol–water partition coefficient (Wildman–Crippen LogP) is 2.50. The summed E-state index contributed by atoms with van der Waals surface area (Å²) in [5.74, 6) is -0.381. The lowest BCUT2D eigenvalue weighted by Crippen LogP contribution is -2.38. The van der Waals surface area contributed by atoms with E-state index in [1.54, 1.807) is 6.07 Å². The highest BCUT2D eigenvalue weighted by atomic mass is 16.4. The maximum atomic E-state index is 11.2. The summed E-state index contributed by atoms with van der Waals surface area (Å²) in [6.45, 7) is 0.362. The van der Waals surface area contributed by atoms with Crippen LogP contribution < -0.4 is 5.32 Å². The number of carbonyl (C=O) groups is 1. The molecule has 0 bridgehead atoms. The van der Waals surface area contributed by atoms with Crippen LogP contribution in [-0.4, -0.2) is 22.2 Å². The molecule has 1 fully saturated rings. The Labute approximate surface area is 117 Å². The number of phenols is 1. The Morgan fingerprint density at radius 2 is 2.00 bits per heavy atom. The maximum absolute atomic E-state index is 11.2. The summed E-state index contributed by atoms with van der Waals surface area (Å²) in [5.41, 5.74) is 0.759. The van der Waals surface area contributed by atoms with Crippen molar-refractivity contribution >= 4 is 16.7 Å². The summed E-state index contributed by atoms with van der Waals surface area (Å²) in [6, 6.07) is 10.8. The van der Waals surface area contributed by atoms with Crippen LogP contribution in [0.4, 0.5) is 0 Å². The van der Waals surface area contributed by atoms with Gasteiger partial charge in [-0.1, -0.05) is 30.3 Å². The number of aliphatic carboxylic acids is 1. The van der Waals surface area contributed by atoms with Gasteiger partial charge in [-0.2, -0.15) is 0 Å². The minimum atomic E-state index is -0.813. The molecule has 1 aliphatic carbocycles. The van der Waals surface area contributed by atoms with Crippen molar-refractivity contribution in [2.75, 3.05) is 0 Å². The zero-order valence-electron chi connectivity index (χ0n) is 11.0. The molecule has 2 aromatic carbocycles. The molecule has 3 rings (SSSR count). The molecule has 1 unspecified atom stereocenters. The van der Waals surface area contributed by atoms with Gasteiger partial charge in [-0.3, -0.25) is 10.1 Å². The molecule has 1 aliphatic rings. The second-order valence-electron chi connectivity index (χ2n) is 5.32. The first-order chi connectivity index (χ1) is 9.66. The molecule has 0 radical (unpaired) electrons. The van der Waals surface area contributed by atoms with E-state index in [4.69, 9.17) is 0 Å². The standard InChI is InChI=1S/C16H17NO3/c18-14-8-7-10-3-1-2-4-12(10)13(14)9-17-15(16(19)20)11-5-6-11/h1-4,7-8,11,15,17-18H,5-6,9H2,(H,19,20). The van der Waals surface area contributed by atoms with Gasteiger partial charge in [-0.15, -0.1) is 0 Å². The number of aromatic hydroxyl groups is 1. The SMILES string of the molecule is O=C(O)C(NCc1c(O)ccc2ccccc12)C1CC1. The largest absolute Gasteiger partial charge is 0.508 e. The quantitative estimate of drug-likeness (QED) is 0.781. The van der Waals surface area contributed by atoms with Gasteiger partial charge in [-0.05, 0) is 35.6 Å². The molecule has 104 valence electrons. The molecule has 3 N–H and O–H groups in total. The van der Waals surface area contributed by atoms with E-state index < -0.39 is 12.0 Å². The van der Waals surface area contributed by atoms with Gasteiger partial charge in [0.2, 0.25) is 0 Å². The molecule has 0 aliphatic heterocycles. The number of hydrogen-bond donors (Lipinski definition) is 3. The third-order valence-corrected chi connectivity index (χ3v) is 3.87. The van der Waals surface area contributed by atoms with Gasteiger partial charge in [0, 0.05) is 12.1 Å². The first-order valence-corrected chi connectivity index (χ1v) is 6.82. The molecule has 0 amide bonds. The smallest absolute Gasteiger partial charge is 0.320 e. The van der Waals surface area contributed by atoms with Crippen molar-refractivity contribution in [1.82, 2.24) is 5.32 Å². The number of carboxylic acids is 1. The molecule has 4 nitrogen and oxygen atoms in total. The van der Waals surface area contributed by atoms with Gasteiger partial charge in [0.15, 0.2) is 0 Å². The van der Waals surface area contributed by atoms with Crippen molar-refractivity contribution in [2.45, 2.75) is 25.4 Å². The average molecular weight is 271 g/mol. The van der Waals surface area contributed by atoms with Crippen LogP contribution in [0.5, 0.6) is 5.75 Å². The maximum Gasteiger partial charge on any atom is 0.320 e. The minimum Gasteiger partial charge on any atom is -0.508 e. The summed E-state index contributed by atoms with van der Waals surface area (Å²) in [7, 11) is 0. The molecule has 4 heteroatoms. The predicted molar refractivity (Wildman–Crippen MR) is 76.6 cm³/mol. The Hall–Kier alpha value is -2.07. The van der Waals surface area contributed by atoms with Crippen molar-refractivity contribution in [3.8, 4) is 5.75 Å². The molecule has 0 saturated heterocycles. The van der Waals surface area contributed by atoms with E-state index in [-0.39, 0.29) is 11.7 Å². The lowest BCUT2D eigenvalue weighted by atomic mass is 10.0. The van der Waals surface area contributed by atoms with Crippen LogP contribution in [0.15, 0.2) is 36.4 Å². The lowest BCUT2D eigenvalue weighted by molar-refractivity contribution is -0.140. The summed E-state index contributed by atoms with van der Waals surface area (Å²) in [6.07, 6.45) is 1.93. The molecule has 0 heterocycles. The van der Waals surface area contributed by atoms with Crippen LogP contribution in [0, 0.1) is 5.92 Å². The van der Waals surface area contributed by atoms with Crippen LogP contribution in [0.1, 0.15) is 18.4 Å². The number of benzene rings is 2.